The number of hydrogen-bond donors (Lipinski definition) is 4. The van der Waals surface area contributed by atoms with Crippen molar-refractivity contribution in [3.63, 3.8) is 0 Å². The van der Waals surface area contributed by atoms with Gasteiger partial charge in [0.1, 0.15) is 36.1 Å². The van der Waals surface area contributed by atoms with Crippen molar-refractivity contribution >= 4 is 47.9 Å². The average Bonchev–Trinajstić information content (AvgIpc) is 4.03. The fourth-order valence-corrected chi connectivity index (χ4v) is 14.5. The Bertz CT molecular complexity index is 2960. The van der Waals surface area contributed by atoms with Crippen molar-refractivity contribution in [3.8, 4) is 16.9 Å². The Morgan fingerprint density at radius 1 is 0.853 bits per heavy atom. The zero-order valence-corrected chi connectivity index (χ0v) is 46.6. The second-order valence-electron chi connectivity index (χ2n) is 23.2. The minimum Gasteiger partial charge on any atom is -0.487 e. The first-order valence-electron chi connectivity index (χ1n) is 26.8. The van der Waals surface area contributed by atoms with Gasteiger partial charge in [-0.1, -0.05) is 105 Å². The summed E-state index contributed by atoms with van der Waals surface area (Å²) in [6.45, 7) is 16.4. The van der Waals surface area contributed by atoms with Crippen LogP contribution in [0.5, 0.6) is 5.75 Å². The van der Waals surface area contributed by atoms with Gasteiger partial charge in [-0.15, -0.1) is 0 Å². The van der Waals surface area contributed by atoms with Gasteiger partial charge in [0, 0.05) is 45.0 Å². The molecule has 15 nitrogen and oxygen atoms in total. The fraction of sp³-hybridized carbons (Fsp3) is 0.500. The third-order valence-corrected chi connectivity index (χ3v) is 19.5. The Morgan fingerprint density at radius 2 is 1.51 bits per heavy atom. The summed E-state index contributed by atoms with van der Waals surface area (Å²) in [5.74, 6) is -1.21. The number of likely N-dealkylation sites (tertiary alicyclic amines) is 1. The van der Waals surface area contributed by atoms with Crippen LogP contribution in [0.15, 0.2) is 77.7 Å². The lowest BCUT2D eigenvalue weighted by molar-refractivity contribution is -0.149. The summed E-state index contributed by atoms with van der Waals surface area (Å²) in [6.07, 6.45) is 4.45. The third-order valence-electron chi connectivity index (χ3n) is 16.2. The quantitative estimate of drug-likeness (QED) is 0.0294. The molecule has 5 atom stereocenters. The molecule has 9 rings (SSSR count). The molecule has 3 amide bonds. The Kier molecular flexibility index (Phi) is 15.3. The van der Waals surface area contributed by atoms with Crippen LogP contribution in [0, 0.1) is 32.1 Å². The van der Waals surface area contributed by atoms with Gasteiger partial charge in [-0.2, -0.15) is 0 Å². The van der Waals surface area contributed by atoms with E-state index in [0.717, 1.165) is 76.2 Å². The Hall–Kier alpha value is -6.20. The minimum absolute atomic E-state index is 0.0619. The van der Waals surface area contributed by atoms with Gasteiger partial charge in [0.2, 0.25) is 17.8 Å². The zero-order valence-electron chi connectivity index (χ0n) is 44.8. The summed E-state index contributed by atoms with van der Waals surface area (Å²) in [5, 5.41) is 14.5. The highest BCUT2D eigenvalue weighted by molar-refractivity contribution is 7.90. The number of esters is 1. The molecule has 2 fully saturated rings. The summed E-state index contributed by atoms with van der Waals surface area (Å²) >= 11 is 0. The maximum absolute atomic E-state index is 15.5. The number of nitrogens with zero attached hydrogens (tertiary/aromatic N) is 2. The van der Waals surface area contributed by atoms with Gasteiger partial charge in [-0.3, -0.25) is 19.9 Å². The Labute approximate surface area is 443 Å². The van der Waals surface area contributed by atoms with E-state index in [4.69, 9.17) is 19.6 Å². The molecule has 0 spiro atoms. The monoisotopic (exact) mass is 1060 g/mol. The van der Waals surface area contributed by atoms with Gasteiger partial charge < -0.3 is 29.7 Å². The van der Waals surface area contributed by atoms with E-state index in [1.54, 1.807) is 18.7 Å². The molecule has 75 heavy (non-hydrogen) atoms. The smallest absolute Gasteiger partial charge is 0.410 e. The zero-order chi connectivity index (χ0) is 53.6. The van der Waals surface area contributed by atoms with Crippen molar-refractivity contribution in [1.29, 1.82) is 5.41 Å². The number of hydrogen-bond acceptors (Lipinski definition) is 10. The number of fused-ring (bicyclic) bond motifs is 6. The molecule has 1 saturated carbocycles. The molecule has 400 valence electrons. The first kappa shape index (κ1) is 53.6. The van der Waals surface area contributed by atoms with Gasteiger partial charge >= 0.3 is 12.1 Å². The lowest BCUT2D eigenvalue weighted by atomic mass is 9.84. The standard InChI is InChI=1S/C58H74N6O9SSi/c1-35-36(2)52(37(3)45-32-58(4,5)73-51(35)45)74(69,70)62-56(59)60-27-17-25-47(55(67)71-28-29-75(6,7)8)61-53(65)49-31-39-19-11-16-26-48(39)64(49)54(66)50-30-38-18-9-10-20-40(38)33-63(50)57(68)72-34-46-43-23-14-12-21-41(43)42-22-13-15-24-44(42)46/h9-10,12-15,18,20-24,39,46-50H,11,16-17,19,25-34H2,1-8H3,(H,61,65)(H3,59,60,62)/t39?,47-,48?,49-,50+/m0/s1. The number of carbonyl (C=O) groups is 4. The van der Waals surface area contributed by atoms with E-state index in [1.165, 1.54) is 4.90 Å². The highest BCUT2D eigenvalue weighted by atomic mass is 32.2. The van der Waals surface area contributed by atoms with E-state index < -0.39 is 65.8 Å². The van der Waals surface area contributed by atoms with Gasteiger partial charge in [0.15, 0.2) is 0 Å². The van der Waals surface area contributed by atoms with E-state index >= 15 is 4.79 Å². The normalized spacial score (nSPS) is 20.9. The maximum Gasteiger partial charge on any atom is 0.410 e. The molecule has 1 saturated heterocycles. The van der Waals surface area contributed by atoms with Gasteiger partial charge in [-0.25, -0.2) is 22.7 Å². The van der Waals surface area contributed by atoms with Gasteiger partial charge in [-0.05, 0) is 129 Å². The number of benzene rings is 4. The Morgan fingerprint density at radius 3 is 2.20 bits per heavy atom. The van der Waals surface area contributed by atoms with Crippen LogP contribution in [0.1, 0.15) is 109 Å². The number of nitrogens with one attached hydrogen (secondary N) is 4. The van der Waals surface area contributed by atoms with Crippen LogP contribution < -0.4 is 20.1 Å². The number of guanidine groups is 1. The molecule has 2 aliphatic carbocycles. The largest absolute Gasteiger partial charge is 0.487 e. The molecule has 4 N–H and O–H groups in total. The van der Waals surface area contributed by atoms with E-state index in [0.29, 0.717) is 29.7 Å². The second kappa shape index (κ2) is 21.4. The van der Waals surface area contributed by atoms with Gasteiger partial charge in [0.05, 0.1) is 18.0 Å². The number of ether oxygens (including phenoxy) is 3. The summed E-state index contributed by atoms with van der Waals surface area (Å²) in [4.78, 5) is 62.2. The van der Waals surface area contributed by atoms with E-state index in [1.807, 2.05) is 69.3 Å². The average molecular weight is 1060 g/mol. The van der Waals surface area contributed by atoms with Crippen molar-refractivity contribution in [2.75, 3.05) is 19.8 Å². The molecule has 5 aliphatic rings. The molecule has 4 aromatic carbocycles. The summed E-state index contributed by atoms with van der Waals surface area (Å²) in [7, 11) is -5.77. The predicted octanol–water partition coefficient (Wildman–Crippen LogP) is 8.81. The fourth-order valence-electron chi connectivity index (χ4n) is 12.3. The highest BCUT2D eigenvalue weighted by Crippen LogP contribution is 2.46. The Balaban J connectivity index is 0.903. The first-order valence-corrected chi connectivity index (χ1v) is 32.0. The van der Waals surface area contributed by atoms with Crippen LogP contribution in [0.3, 0.4) is 0 Å². The summed E-state index contributed by atoms with van der Waals surface area (Å²) < 4.78 is 48.4. The van der Waals surface area contributed by atoms with Crippen molar-refractivity contribution in [3.05, 3.63) is 117 Å². The van der Waals surface area contributed by atoms with E-state index in [-0.39, 0.29) is 74.2 Å². The summed E-state index contributed by atoms with van der Waals surface area (Å²) in [6, 6.07) is 21.7. The van der Waals surface area contributed by atoms with Crippen LogP contribution in [-0.2, 0) is 53.3 Å². The van der Waals surface area contributed by atoms with E-state index in [2.05, 4.69) is 59.3 Å². The molecule has 17 heteroatoms. The number of carbonyl (C=O) groups excluding carboxylic acids is 4. The molecule has 4 aromatic rings. The highest BCUT2D eigenvalue weighted by Gasteiger charge is 2.51. The molecule has 0 aromatic heterocycles. The van der Waals surface area contributed by atoms with Gasteiger partial charge in [0.25, 0.3) is 10.0 Å². The molecule has 2 unspecified atom stereocenters. The van der Waals surface area contributed by atoms with Crippen LogP contribution in [0.4, 0.5) is 4.79 Å². The van der Waals surface area contributed by atoms with E-state index in [9.17, 15) is 22.8 Å². The first-order chi connectivity index (χ1) is 35.6. The molecule has 3 aliphatic heterocycles. The van der Waals surface area contributed by atoms with Crippen molar-refractivity contribution in [2.24, 2.45) is 5.92 Å². The lowest BCUT2D eigenvalue weighted by Crippen LogP contribution is -2.59. The van der Waals surface area contributed by atoms with Crippen LogP contribution >= 0.6 is 0 Å². The van der Waals surface area contributed by atoms with Crippen molar-refractivity contribution < 1.29 is 41.8 Å². The van der Waals surface area contributed by atoms with Crippen molar-refractivity contribution in [2.45, 2.75) is 165 Å². The SMILES string of the molecule is Cc1c(C)c(S(=O)(=O)NC(=N)NCCC[C@H](NC(=O)[C@@H]2CC3CCCCC3N2C(=O)[C@H]2Cc3ccccc3CN2C(=O)OCC2c3ccccc3-c3ccccc32)C(=O)OCC[Si](C)(C)C)c(C)c2c1OC(C)(C)C2. The molecular weight excluding hydrogens is 985 g/mol. The number of sulfonamides is 1. The topological polar surface area (TPSA) is 197 Å². The van der Waals surface area contributed by atoms with Crippen LogP contribution in [-0.4, -0.2) is 106 Å². The maximum atomic E-state index is 15.5. The number of rotatable bonds is 15. The molecule has 0 radical (unpaired) electrons. The minimum atomic E-state index is -4.18. The molecule has 3 heterocycles. The predicted molar refractivity (Wildman–Crippen MR) is 291 cm³/mol. The lowest BCUT2D eigenvalue weighted by Gasteiger charge is -2.41. The number of amides is 3. The van der Waals surface area contributed by atoms with Crippen LogP contribution in [0.25, 0.3) is 11.1 Å². The van der Waals surface area contributed by atoms with Crippen LogP contribution in [0.2, 0.25) is 25.7 Å². The third kappa shape index (κ3) is 11.2. The molecule has 0 bridgehead atoms. The second-order valence-corrected chi connectivity index (χ2v) is 30.4. The summed E-state index contributed by atoms with van der Waals surface area (Å²) in [5.41, 5.74) is 8.52. The van der Waals surface area contributed by atoms with Crippen molar-refractivity contribution in [1.82, 2.24) is 25.2 Å². The molecular formula is C58H74N6O9SSi.